The number of hydrogen-bond donors (Lipinski definition) is 1. The molecule has 26 heavy (non-hydrogen) atoms. The third-order valence-electron chi connectivity index (χ3n) is 4.72. The molecule has 1 saturated heterocycles. The topological polar surface area (TPSA) is 71.8 Å². The molecule has 0 bridgehead atoms. The zero-order chi connectivity index (χ0) is 18.4. The Morgan fingerprint density at radius 1 is 1.19 bits per heavy atom. The molecular formula is C20H24N2O4. The largest absolute Gasteiger partial charge is 0.459 e. The minimum Gasteiger partial charge on any atom is -0.459 e. The van der Waals surface area contributed by atoms with Crippen molar-refractivity contribution in [1.82, 2.24) is 10.2 Å². The molecule has 0 radical (unpaired) electrons. The Labute approximate surface area is 153 Å². The molecular weight excluding hydrogens is 332 g/mol. The highest BCUT2D eigenvalue weighted by Gasteiger charge is 2.30. The first-order chi connectivity index (χ1) is 12.7. The highest BCUT2D eigenvalue weighted by molar-refractivity contribution is 5.95. The number of methoxy groups -OCH3 is 1. The molecule has 1 aromatic carbocycles. The van der Waals surface area contributed by atoms with Gasteiger partial charge in [0.1, 0.15) is 6.04 Å². The molecule has 138 valence electrons. The summed E-state index contributed by atoms with van der Waals surface area (Å²) in [5.41, 5.74) is 0.998. The number of amides is 2. The maximum atomic E-state index is 13.0. The van der Waals surface area contributed by atoms with Crippen molar-refractivity contribution in [2.75, 3.05) is 20.2 Å². The predicted molar refractivity (Wildman–Crippen MR) is 96.7 cm³/mol. The van der Waals surface area contributed by atoms with Gasteiger partial charge in [0.15, 0.2) is 5.76 Å². The quantitative estimate of drug-likeness (QED) is 0.862. The number of hydrogen-bond acceptors (Lipinski definition) is 4. The molecule has 1 unspecified atom stereocenters. The molecule has 2 aromatic rings. The summed E-state index contributed by atoms with van der Waals surface area (Å²) in [5.74, 6) is -0.242. The predicted octanol–water partition coefficient (Wildman–Crippen LogP) is 2.26. The van der Waals surface area contributed by atoms with E-state index in [0.29, 0.717) is 19.5 Å². The van der Waals surface area contributed by atoms with E-state index in [0.717, 1.165) is 18.4 Å². The van der Waals surface area contributed by atoms with Gasteiger partial charge in [-0.25, -0.2) is 0 Å². The number of benzene rings is 1. The van der Waals surface area contributed by atoms with Crippen molar-refractivity contribution in [3.8, 4) is 0 Å². The Hall–Kier alpha value is -2.60. The summed E-state index contributed by atoms with van der Waals surface area (Å²) in [4.78, 5) is 27.2. The van der Waals surface area contributed by atoms with Crippen molar-refractivity contribution >= 4 is 11.8 Å². The smallest absolute Gasteiger partial charge is 0.287 e. The van der Waals surface area contributed by atoms with E-state index < -0.39 is 6.04 Å². The molecule has 6 heteroatoms. The van der Waals surface area contributed by atoms with Gasteiger partial charge in [-0.2, -0.15) is 0 Å². The van der Waals surface area contributed by atoms with Crippen LogP contribution in [0.1, 0.15) is 29.0 Å². The van der Waals surface area contributed by atoms with E-state index in [1.54, 1.807) is 19.2 Å². The maximum Gasteiger partial charge on any atom is 0.287 e. The second-order valence-corrected chi connectivity index (χ2v) is 6.45. The van der Waals surface area contributed by atoms with Crippen molar-refractivity contribution in [3.05, 3.63) is 60.1 Å². The summed E-state index contributed by atoms with van der Waals surface area (Å²) < 4.78 is 10.5. The Balaban J connectivity index is 1.71. The second-order valence-electron chi connectivity index (χ2n) is 6.45. The van der Waals surface area contributed by atoms with Gasteiger partial charge in [0, 0.05) is 26.6 Å². The SMILES string of the molecule is COC1CCN(C(=O)C(Cc2ccccc2)NC(=O)c2ccco2)CC1. The molecule has 1 aliphatic rings. The number of nitrogens with one attached hydrogen (secondary N) is 1. The normalized spacial score (nSPS) is 16.3. The van der Waals surface area contributed by atoms with Crippen LogP contribution in [0.25, 0.3) is 0 Å². The van der Waals surface area contributed by atoms with Crippen LogP contribution in [0.4, 0.5) is 0 Å². The lowest BCUT2D eigenvalue weighted by atomic mass is 10.0. The summed E-state index contributed by atoms with van der Waals surface area (Å²) >= 11 is 0. The molecule has 1 atom stereocenters. The monoisotopic (exact) mass is 356 g/mol. The summed E-state index contributed by atoms with van der Waals surface area (Å²) in [7, 11) is 1.70. The number of carbonyl (C=O) groups excluding carboxylic acids is 2. The average molecular weight is 356 g/mol. The fourth-order valence-corrected chi connectivity index (χ4v) is 3.22. The minimum absolute atomic E-state index is 0.0664. The van der Waals surface area contributed by atoms with E-state index >= 15 is 0 Å². The van der Waals surface area contributed by atoms with Gasteiger partial charge in [-0.15, -0.1) is 0 Å². The molecule has 0 aliphatic carbocycles. The second kappa shape index (κ2) is 8.67. The standard InChI is InChI=1S/C20H24N2O4/c1-25-16-9-11-22(12-10-16)20(24)17(14-15-6-3-2-4-7-15)21-19(23)18-8-5-13-26-18/h2-8,13,16-17H,9-12,14H2,1H3,(H,21,23). The summed E-state index contributed by atoms with van der Waals surface area (Å²) in [6.07, 6.45) is 3.71. The number of nitrogens with zero attached hydrogens (tertiary/aromatic N) is 1. The van der Waals surface area contributed by atoms with E-state index in [2.05, 4.69) is 5.32 Å². The zero-order valence-corrected chi connectivity index (χ0v) is 14.9. The third-order valence-corrected chi connectivity index (χ3v) is 4.72. The molecule has 2 amide bonds. The average Bonchev–Trinajstić information content (AvgIpc) is 3.23. The Morgan fingerprint density at radius 3 is 2.54 bits per heavy atom. The van der Waals surface area contributed by atoms with Crippen LogP contribution in [0.5, 0.6) is 0 Å². The summed E-state index contributed by atoms with van der Waals surface area (Å²) in [6, 6.07) is 12.3. The number of ether oxygens (including phenoxy) is 1. The number of likely N-dealkylation sites (tertiary alicyclic amines) is 1. The van der Waals surface area contributed by atoms with Gasteiger partial charge in [-0.1, -0.05) is 30.3 Å². The van der Waals surface area contributed by atoms with Crippen molar-refractivity contribution in [1.29, 1.82) is 0 Å². The molecule has 3 rings (SSSR count). The van der Waals surface area contributed by atoms with Gasteiger partial charge >= 0.3 is 0 Å². The van der Waals surface area contributed by atoms with Gasteiger partial charge in [-0.3, -0.25) is 9.59 Å². The number of furan rings is 1. The zero-order valence-electron chi connectivity index (χ0n) is 14.9. The molecule has 0 saturated carbocycles. The Kier molecular flexibility index (Phi) is 6.07. The van der Waals surface area contributed by atoms with Gasteiger partial charge in [-0.05, 0) is 30.5 Å². The molecule has 2 heterocycles. The number of carbonyl (C=O) groups is 2. The van der Waals surface area contributed by atoms with E-state index in [1.165, 1.54) is 6.26 Å². The first-order valence-electron chi connectivity index (χ1n) is 8.87. The molecule has 0 spiro atoms. The molecule has 1 N–H and O–H groups in total. The first-order valence-corrected chi connectivity index (χ1v) is 8.87. The highest BCUT2D eigenvalue weighted by atomic mass is 16.5. The summed E-state index contributed by atoms with van der Waals surface area (Å²) in [6.45, 7) is 1.28. The maximum absolute atomic E-state index is 13.0. The van der Waals surface area contributed by atoms with Crippen molar-refractivity contribution < 1.29 is 18.7 Å². The molecule has 1 fully saturated rings. The number of piperidine rings is 1. The van der Waals surface area contributed by atoms with E-state index in [9.17, 15) is 9.59 Å². The van der Waals surface area contributed by atoms with Gasteiger partial charge in [0.2, 0.25) is 5.91 Å². The molecule has 1 aliphatic heterocycles. The fraction of sp³-hybridized carbons (Fsp3) is 0.400. The third kappa shape index (κ3) is 4.52. The van der Waals surface area contributed by atoms with Crippen molar-refractivity contribution in [3.63, 3.8) is 0 Å². The van der Waals surface area contributed by atoms with Crippen LogP contribution in [0, 0.1) is 0 Å². The first kappa shape index (κ1) is 18.2. The lowest BCUT2D eigenvalue weighted by Gasteiger charge is -2.33. The van der Waals surface area contributed by atoms with Gasteiger partial charge in [0.25, 0.3) is 5.91 Å². The van der Waals surface area contributed by atoms with Gasteiger partial charge < -0.3 is 19.4 Å². The van der Waals surface area contributed by atoms with Crippen LogP contribution >= 0.6 is 0 Å². The summed E-state index contributed by atoms with van der Waals surface area (Å²) in [5, 5.41) is 2.84. The lowest BCUT2D eigenvalue weighted by molar-refractivity contribution is -0.135. The van der Waals surface area contributed by atoms with Crippen LogP contribution in [0.3, 0.4) is 0 Å². The molecule has 1 aromatic heterocycles. The van der Waals surface area contributed by atoms with E-state index in [-0.39, 0.29) is 23.7 Å². The Morgan fingerprint density at radius 2 is 1.92 bits per heavy atom. The van der Waals surface area contributed by atoms with E-state index in [4.69, 9.17) is 9.15 Å². The van der Waals surface area contributed by atoms with Crippen molar-refractivity contribution in [2.24, 2.45) is 0 Å². The number of rotatable bonds is 6. The van der Waals surface area contributed by atoms with Crippen LogP contribution in [0.2, 0.25) is 0 Å². The van der Waals surface area contributed by atoms with Gasteiger partial charge in [0.05, 0.1) is 12.4 Å². The highest BCUT2D eigenvalue weighted by Crippen LogP contribution is 2.15. The lowest BCUT2D eigenvalue weighted by Crippen LogP contribution is -2.52. The molecule has 6 nitrogen and oxygen atoms in total. The van der Waals surface area contributed by atoms with Crippen LogP contribution in [-0.2, 0) is 16.0 Å². The Bertz CT molecular complexity index is 707. The fourth-order valence-electron chi connectivity index (χ4n) is 3.22. The minimum atomic E-state index is -0.630. The van der Waals surface area contributed by atoms with Crippen LogP contribution in [-0.4, -0.2) is 49.1 Å². The van der Waals surface area contributed by atoms with E-state index in [1.807, 2.05) is 35.2 Å². The van der Waals surface area contributed by atoms with Crippen LogP contribution < -0.4 is 5.32 Å². The van der Waals surface area contributed by atoms with Crippen molar-refractivity contribution in [2.45, 2.75) is 31.4 Å². The van der Waals surface area contributed by atoms with Crippen LogP contribution in [0.15, 0.2) is 53.1 Å².